The summed E-state index contributed by atoms with van der Waals surface area (Å²) >= 11 is 3.03. The van der Waals surface area contributed by atoms with Gasteiger partial charge in [-0.1, -0.05) is 74.5 Å². The van der Waals surface area contributed by atoms with Gasteiger partial charge >= 0.3 is 0 Å². The number of rotatable bonds is 13. The molecule has 0 unspecified atom stereocenters. The largest absolute Gasteiger partial charge is 0.340 e. The highest BCUT2D eigenvalue weighted by Gasteiger charge is 2.11. The van der Waals surface area contributed by atoms with Crippen LogP contribution in [0.1, 0.15) is 64.7 Å². The summed E-state index contributed by atoms with van der Waals surface area (Å²) in [5.74, 6) is 0. The van der Waals surface area contributed by atoms with Crippen molar-refractivity contribution in [3.63, 3.8) is 0 Å². The molecule has 0 aliphatic heterocycles. The van der Waals surface area contributed by atoms with E-state index in [0.29, 0.717) is 0 Å². The van der Waals surface area contributed by atoms with E-state index >= 15 is 0 Å². The number of hydrogen-bond donors (Lipinski definition) is 2. The van der Waals surface area contributed by atoms with E-state index in [-0.39, 0.29) is 6.17 Å². The van der Waals surface area contributed by atoms with Crippen LogP contribution in [-0.2, 0) is 0 Å². The van der Waals surface area contributed by atoms with E-state index in [4.69, 9.17) is 0 Å². The van der Waals surface area contributed by atoms with E-state index in [1.165, 1.54) is 74.0 Å². The third-order valence-electron chi connectivity index (χ3n) is 3.66. The van der Waals surface area contributed by atoms with Crippen molar-refractivity contribution in [2.45, 2.75) is 70.9 Å². The van der Waals surface area contributed by atoms with Gasteiger partial charge in [0.15, 0.2) is 0 Å². The van der Waals surface area contributed by atoms with Crippen LogP contribution < -0.4 is 10.6 Å². The number of unbranched alkanes of at least 4 members (excludes halogenated alkanes) is 7. The minimum absolute atomic E-state index is 0.121. The van der Waals surface area contributed by atoms with Crippen molar-refractivity contribution in [3.05, 3.63) is 11.0 Å². The Morgan fingerprint density at radius 3 is 1.83 bits per heavy atom. The Morgan fingerprint density at radius 2 is 1.35 bits per heavy atom. The zero-order valence-corrected chi connectivity index (χ0v) is 15.3. The second-order valence-corrected chi connectivity index (χ2v) is 7.26. The van der Waals surface area contributed by atoms with Crippen molar-refractivity contribution in [1.82, 2.24) is 20.4 Å². The molecular formula is C15H26N6S2. The van der Waals surface area contributed by atoms with E-state index in [2.05, 4.69) is 38.0 Å². The lowest BCUT2D eigenvalue weighted by Gasteiger charge is -2.18. The maximum atomic E-state index is 4.06. The number of anilines is 2. The Labute approximate surface area is 146 Å². The first-order valence-corrected chi connectivity index (χ1v) is 10.2. The van der Waals surface area contributed by atoms with Gasteiger partial charge in [0.25, 0.3) is 0 Å². The van der Waals surface area contributed by atoms with Crippen molar-refractivity contribution < 1.29 is 0 Å². The number of nitrogens with one attached hydrogen (secondary N) is 2. The Kier molecular flexibility index (Phi) is 8.86. The van der Waals surface area contributed by atoms with Crippen molar-refractivity contribution in [2.24, 2.45) is 0 Å². The van der Waals surface area contributed by atoms with Crippen LogP contribution in [0.5, 0.6) is 0 Å². The molecule has 0 bridgehead atoms. The molecule has 0 aliphatic carbocycles. The predicted molar refractivity (Wildman–Crippen MR) is 98.1 cm³/mol. The fourth-order valence-electron chi connectivity index (χ4n) is 2.43. The summed E-state index contributed by atoms with van der Waals surface area (Å²) in [7, 11) is 0. The lowest BCUT2D eigenvalue weighted by Crippen LogP contribution is -2.28. The normalized spacial score (nSPS) is 11.0. The molecule has 0 atom stereocenters. The van der Waals surface area contributed by atoms with E-state index in [1.54, 1.807) is 11.0 Å². The topological polar surface area (TPSA) is 75.6 Å². The summed E-state index contributed by atoms with van der Waals surface area (Å²) in [5, 5.41) is 24.3. The lowest BCUT2D eigenvalue weighted by atomic mass is 10.1. The van der Waals surface area contributed by atoms with Gasteiger partial charge < -0.3 is 10.6 Å². The van der Waals surface area contributed by atoms with Crippen LogP contribution in [0.3, 0.4) is 0 Å². The van der Waals surface area contributed by atoms with Gasteiger partial charge in [0.05, 0.1) is 0 Å². The van der Waals surface area contributed by atoms with Crippen LogP contribution in [0, 0.1) is 0 Å². The zero-order chi connectivity index (χ0) is 16.2. The quantitative estimate of drug-likeness (QED) is 0.398. The van der Waals surface area contributed by atoms with Crippen molar-refractivity contribution >= 4 is 32.9 Å². The smallest absolute Gasteiger partial charge is 0.207 e. The highest BCUT2D eigenvalue weighted by Crippen LogP contribution is 2.18. The molecule has 0 aromatic carbocycles. The molecule has 0 saturated heterocycles. The van der Waals surface area contributed by atoms with Crippen LogP contribution in [0.25, 0.3) is 0 Å². The van der Waals surface area contributed by atoms with Crippen LogP contribution in [0.4, 0.5) is 10.3 Å². The van der Waals surface area contributed by atoms with Crippen molar-refractivity contribution in [2.75, 3.05) is 10.6 Å². The molecule has 0 fully saturated rings. The maximum Gasteiger partial charge on any atom is 0.207 e. The summed E-state index contributed by atoms with van der Waals surface area (Å²) in [5.41, 5.74) is 3.47. The van der Waals surface area contributed by atoms with Gasteiger partial charge in [-0.3, -0.25) is 0 Å². The molecule has 23 heavy (non-hydrogen) atoms. The molecular weight excluding hydrogens is 328 g/mol. The predicted octanol–water partition coefficient (Wildman–Crippen LogP) is 4.77. The molecule has 2 aromatic heterocycles. The first-order chi connectivity index (χ1) is 11.4. The molecule has 0 aliphatic rings. The fourth-order valence-corrected chi connectivity index (χ4v) is 3.43. The van der Waals surface area contributed by atoms with Gasteiger partial charge in [0.1, 0.15) is 17.2 Å². The average Bonchev–Trinajstić information content (AvgIpc) is 3.23. The third-order valence-corrected chi connectivity index (χ3v) is 4.91. The van der Waals surface area contributed by atoms with E-state index in [0.717, 1.165) is 16.7 Å². The van der Waals surface area contributed by atoms with E-state index in [1.807, 2.05) is 0 Å². The first-order valence-electron chi connectivity index (χ1n) is 8.44. The summed E-state index contributed by atoms with van der Waals surface area (Å²) in [6.45, 7) is 2.26. The van der Waals surface area contributed by atoms with E-state index in [9.17, 15) is 0 Å². The van der Waals surface area contributed by atoms with Gasteiger partial charge in [-0.15, -0.1) is 20.4 Å². The Hall–Kier alpha value is -1.28. The Balaban J connectivity index is 1.65. The van der Waals surface area contributed by atoms with Crippen LogP contribution in [-0.4, -0.2) is 26.6 Å². The average molecular weight is 355 g/mol. The molecule has 0 amide bonds. The molecule has 2 N–H and O–H groups in total. The number of hydrogen-bond acceptors (Lipinski definition) is 8. The molecule has 6 nitrogen and oxygen atoms in total. The number of aromatic nitrogens is 4. The van der Waals surface area contributed by atoms with Crippen LogP contribution in [0.2, 0.25) is 0 Å². The minimum atomic E-state index is 0.121. The lowest BCUT2D eigenvalue weighted by molar-refractivity contribution is 0.552. The third kappa shape index (κ3) is 7.69. The van der Waals surface area contributed by atoms with Gasteiger partial charge in [0, 0.05) is 0 Å². The summed E-state index contributed by atoms with van der Waals surface area (Å²) in [6.07, 6.45) is 11.8. The second-order valence-electron chi connectivity index (χ2n) is 5.59. The minimum Gasteiger partial charge on any atom is -0.340 e. The molecule has 0 saturated carbocycles. The number of nitrogens with zero attached hydrogens (tertiary/aromatic N) is 4. The molecule has 8 heteroatoms. The van der Waals surface area contributed by atoms with Crippen molar-refractivity contribution in [1.29, 1.82) is 0 Å². The molecule has 0 spiro atoms. The van der Waals surface area contributed by atoms with Crippen molar-refractivity contribution in [3.8, 4) is 0 Å². The zero-order valence-electron chi connectivity index (χ0n) is 13.7. The SMILES string of the molecule is CCCCCCCCCCC(Nc1nncs1)Nc1nncs1. The maximum absolute atomic E-state index is 4.06. The Bertz CT molecular complexity index is 452. The highest BCUT2D eigenvalue weighted by atomic mass is 32.1. The van der Waals surface area contributed by atoms with Gasteiger partial charge in [-0.05, 0) is 12.8 Å². The summed E-state index contributed by atoms with van der Waals surface area (Å²) < 4.78 is 0. The highest BCUT2D eigenvalue weighted by molar-refractivity contribution is 7.13. The van der Waals surface area contributed by atoms with Crippen LogP contribution in [0.15, 0.2) is 11.0 Å². The molecule has 2 rings (SSSR count). The first kappa shape index (κ1) is 18.1. The fraction of sp³-hybridized carbons (Fsp3) is 0.733. The van der Waals surface area contributed by atoms with Crippen LogP contribution >= 0.6 is 22.7 Å². The molecule has 128 valence electrons. The Morgan fingerprint density at radius 1 is 0.826 bits per heavy atom. The van der Waals surface area contributed by atoms with Gasteiger partial charge in [0.2, 0.25) is 10.3 Å². The molecule has 2 heterocycles. The molecule has 0 radical (unpaired) electrons. The summed E-state index contributed by atoms with van der Waals surface area (Å²) in [4.78, 5) is 0. The second kappa shape index (κ2) is 11.3. The summed E-state index contributed by atoms with van der Waals surface area (Å²) in [6, 6.07) is 0. The van der Waals surface area contributed by atoms with Gasteiger partial charge in [-0.25, -0.2) is 0 Å². The monoisotopic (exact) mass is 354 g/mol. The standard InChI is InChI=1S/C15H26N6S2/c1-2-3-4-5-6-7-8-9-10-13(18-14-20-16-11-22-14)19-15-21-17-12-23-15/h11-13H,2-10H2,1H3,(H,18,20)(H,19,21). The molecule has 2 aromatic rings. The van der Waals surface area contributed by atoms with E-state index < -0.39 is 0 Å². The van der Waals surface area contributed by atoms with Gasteiger partial charge in [-0.2, -0.15) is 0 Å².